The first kappa shape index (κ1) is 18.4. The lowest BCUT2D eigenvalue weighted by molar-refractivity contribution is -0.114. The van der Waals surface area contributed by atoms with Crippen LogP contribution in [-0.4, -0.2) is 39.6 Å². The lowest BCUT2D eigenvalue weighted by Gasteiger charge is -2.04. The largest absolute Gasteiger partial charge is 0.394 e. The summed E-state index contributed by atoms with van der Waals surface area (Å²) in [5.74, 6) is 3.40. The summed E-state index contributed by atoms with van der Waals surface area (Å²) in [6, 6.07) is 3.29. The molecular formula is C18H19FN6O2. The quantitative estimate of drug-likeness (QED) is 0.251. The zero-order valence-corrected chi connectivity index (χ0v) is 14.4. The van der Waals surface area contributed by atoms with Crippen LogP contribution in [0.2, 0.25) is 0 Å². The Morgan fingerprint density at radius 3 is 2.74 bits per heavy atom. The Balaban J connectivity index is 1.97. The summed E-state index contributed by atoms with van der Waals surface area (Å²) in [6.07, 6.45) is 3.81. The van der Waals surface area contributed by atoms with Crippen LogP contribution in [-0.2, 0) is 4.79 Å². The molecule has 27 heavy (non-hydrogen) atoms. The number of amidine groups is 1. The van der Waals surface area contributed by atoms with Crippen LogP contribution in [0.3, 0.4) is 0 Å². The molecule has 1 aromatic heterocycles. The molecule has 140 valence electrons. The highest BCUT2D eigenvalue weighted by atomic mass is 19.1. The molecule has 0 radical (unpaired) electrons. The summed E-state index contributed by atoms with van der Waals surface area (Å²) in [4.78, 5) is 19.6. The molecule has 1 fully saturated rings. The molecule has 0 atom stereocenters. The number of benzene rings is 1. The van der Waals surface area contributed by atoms with Gasteiger partial charge in [-0.25, -0.2) is 9.37 Å². The maximum absolute atomic E-state index is 14.4. The van der Waals surface area contributed by atoms with E-state index >= 15 is 0 Å². The van der Waals surface area contributed by atoms with Gasteiger partial charge in [-0.2, -0.15) is 0 Å². The second-order valence-corrected chi connectivity index (χ2v) is 6.10. The Morgan fingerprint density at radius 1 is 1.37 bits per heavy atom. The molecule has 1 aromatic carbocycles. The number of hydrogen-bond acceptors (Lipinski definition) is 5. The molecule has 0 aliphatic heterocycles. The third-order valence-electron chi connectivity index (χ3n) is 4.09. The fourth-order valence-corrected chi connectivity index (χ4v) is 2.63. The van der Waals surface area contributed by atoms with Gasteiger partial charge in [-0.15, -0.1) is 0 Å². The monoisotopic (exact) mass is 370 g/mol. The lowest BCUT2D eigenvalue weighted by Crippen LogP contribution is -2.30. The Morgan fingerprint density at radius 2 is 2.11 bits per heavy atom. The van der Waals surface area contributed by atoms with Crippen molar-refractivity contribution in [2.45, 2.75) is 18.9 Å². The third-order valence-corrected chi connectivity index (χ3v) is 4.09. The minimum atomic E-state index is -0.917. The van der Waals surface area contributed by atoms with Crippen molar-refractivity contribution in [1.29, 1.82) is 0 Å². The number of allylic oxidation sites excluding steroid dienone is 1. The van der Waals surface area contributed by atoms with Crippen LogP contribution >= 0.6 is 0 Å². The molecule has 2 aromatic rings. The average molecular weight is 370 g/mol. The normalized spacial score (nSPS) is 15.3. The number of aliphatic hydroxyl groups is 1. The SMILES string of the molecule is NC(=O)/C(C(N)=NCCO)=C(/N)C#Cc1cc2ncn(C3CC3)c2cc1F. The Labute approximate surface area is 154 Å². The van der Waals surface area contributed by atoms with Gasteiger partial charge in [0.25, 0.3) is 5.91 Å². The first-order chi connectivity index (χ1) is 12.9. The molecule has 8 nitrogen and oxygen atoms in total. The number of amides is 1. The highest BCUT2D eigenvalue weighted by Gasteiger charge is 2.25. The summed E-state index contributed by atoms with van der Waals surface area (Å²) >= 11 is 0. The molecule has 1 heterocycles. The van der Waals surface area contributed by atoms with Crippen LogP contribution in [0.1, 0.15) is 24.4 Å². The van der Waals surface area contributed by atoms with Crippen molar-refractivity contribution in [1.82, 2.24) is 9.55 Å². The first-order valence-electron chi connectivity index (χ1n) is 8.31. The van der Waals surface area contributed by atoms with E-state index in [-0.39, 0.29) is 35.8 Å². The minimum absolute atomic E-state index is 0.0156. The Hall–Kier alpha value is -3.38. The second kappa shape index (κ2) is 7.47. The van der Waals surface area contributed by atoms with Gasteiger partial charge in [0.15, 0.2) is 0 Å². The summed E-state index contributed by atoms with van der Waals surface area (Å²) < 4.78 is 16.4. The maximum Gasteiger partial charge on any atom is 0.255 e. The van der Waals surface area contributed by atoms with Crippen molar-refractivity contribution in [3.05, 3.63) is 41.1 Å². The van der Waals surface area contributed by atoms with Crippen molar-refractivity contribution < 1.29 is 14.3 Å². The number of fused-ring (bicyclic) bond motifs is 1. The molecule has 0 bridgehead atoms. The number of rotatable bonds is 5. The van der Waals surface area contributed by atoms with Gasteiger partial charge in [0, 0.05) is 12.1 Å². The number of aliphatic imine (C=N–C) groups is 1. The second-order valence-electron chi connectivity index (χ2n) is 6.10. The molecule has 1 amide bonds. The Kier molecular flexibility index (Phi) is 5.09. The van der Waals surface area contributed by atoms with Crippen LogP contribution in [0, 0.1) is 17.7 Å². The van der Waals surface area contributed by atoms with E-state index in [0.717, 1.165) is 12.8 Å². The molecule has 0 unspecified atom stereocenters. The molecule has 1 aliphatic carbocycles. The van der Waals surface area contributed by atoms with Crippen molar-refractivity contribution in [2.24, 2.45) is 22.2 Å². The van der Waals surface area contributed by atoms with E-state index in [9.17, 15) is 9.18 Å². The van der Waals surface area contributed by atoms with Crippen LogP contribution < -0.4 is 17.2 Å². The van der Waals surface area contributed by atoms with E-state index in [4.69, 9.17) is 22.3 Å². The number of carbonyl (C=O) groups excluding carboxylic acids is 1. The van der Waals surface area contributed by atoms with E-state index in [1.54, 1.807) is 6.33 Å². The molecule has 1 saturated carbocycles. The molecule has 1 aliphatic rings. The molecule has 7 N–H and O–H groups in total. The molecular weight excluding hydrogens is 351 g/mol. The summed E-state index contributed by atoms with van der Waals surface area (Å²) in [5, 5.41) is 8.78. The van der Waals surface area contributed by atoms with Crippen LogP contribution in [0.4, 0.5) is 4.39 Å². The van der Waals surface area contributed by atoms with Crippen LogP contribution in [0.25, 0.3) is 11.0 Å². The van der Waals surface area contributed by atoms with Crippen LogP contribution in [0.15, 0.2) is 34.7 Å². The summed E-state index contributed by atoms with van der Waals surface area (Å²) in [6.45, 7) is -0.269. The Bertz CT molecular complexity index is 1020. The highest BCUT2D eigenvalue weighted by molar-refractivity contribution is 6.20. The van der Waals surface area contributed by atoms with Gasteiger partial charge in [-0.1, -0.05) is 5.92 Å². The van der Waals surface area contributed by atoms with Gasteiger partial charge in [0.2, 0.25) is 0 Å². The van der Waals surface area contributed by atoms with E-state index in [1.807, 2.05) is 4.57 Å². The first-order valence-corrected chi connectivity index (χ1v) is 8.31. The molecule has 0 saturated heterocycles. The number of nitrogens with two attached hydrogens (primary N) is 3. The highest BCUT2D eigenvalue weighted by Crippen LogP contribution is 2.37. The number of carbonyl (C=O) groups is 1. The zero-order valence-electron chi connectivity index (χ0n) is 14.4. The van der Waals surface area contributed by atoms with E-state index in [1.165, 1.54) is 12.1 Å². The van der Waals surface area contributed by atoms with E-state index < -0.39 is 11.7 Å². The smallest absolute Gasteiger partial charge is 0.255 e. The fraction of sp³-hybridized carbons (Fsp3) is 0.278. The number of aromatic nitrogens is 2. The van der Waals surface area contributed by atoms with Gasteiger partial charge in [-0.05, 0) is 24.8 Å². The minimum Gasteiger partial charge on any atom is -0.394 e. The topological polar surface area (TPSA) is 146 Å². The van der Waals surface area contributed by atoms with Gasteiger partial charge >= 0.3 is 0 Å². The molecule has 3 rings (SSSR count). The number of primary amides is 1. The lowest BCUT2D eigenvalue weighted by atomic mass is 10.1. The summed E-state index contributed by atoms with van der Waals surface area (Å²) in [7, 11) is 0. The van der Waals surface area contributed by atoms with Crippen molar-refractivity contribution in [3.63, 3.8) is 0 Å². The standard InChI is InChI=1S/C18H19FN6O2/c19-12-8-15-14(24-9-25(15)11-2-3-11)7-10(12)1-4-13(20)16(18(22)27)17(21)23-5-6-26/h7-9,11,26H,2-3,5-6,20H2,(H2,21,23)(H2,22,27)/b16-13+. The number of hydrogen-bond donors (Lipinski definition) is 4. The van der Waals surface area contributed by atoms with Crippen molar-refractivity contribution >= 4 is 22.8 Å². The number of imidazole rings is 1. The number of aliphatic hydroxyl groups excluding tert-OH is 1. The number of halogens is 1. The zero-order chi connectivity index (χ0) is 19.6. The van der Waals surface area contributed by atoms with Crippen LogP contribution in [0.5, 0.6) is 0 Å². The van der Waals surface area contributed by atoms with E-state index in [2.05, 4.69) is 21.8 Å². The third kappa shape index (κ3) is 3.91. The van der Waals surface area contributed by atoms with Gasteiger partial charge in [0.1, 0.15) is 17.2 Å². The predicted molar refractivity (Wildman–Crippen MR) is 98.8 cm³/mol. The van der Waals surface area contributed by atoms with Gasteiger partial charge in [-0.3, -0.25) is 9.79 Å². The molecule has 9 heteroatoms. The van der Waals surface area contributed by atoms with Gasteiger partial charge in [0.05, 0.1) is 41.8 Å². The van der Waals surface area contributed by atoms with Gasteiger partial charge < -0.3 is 26.9 Å². The van der Waals surface area contributed by atoms with Crippen molar-refractivity contribution in [3.8, 4) is 11.8 Å². The van der Waals surface area contributed by atoms with Crippen molar-refractivity contribution in [2.75, 3.05) is 13.2 Å². The summed E-state index contributed by atoms with van der Waals surface area (Å²) in [5.41, 5.74) is 17.6. The predicted octanol–water partition coefficient (Wildman–Crippen LogP) is -0.0906. The molecule has 0 spiro atoms. The van der Waals surface area contributed by atoms with E-state index in [0.29, 0.717) is 17.1 Å². The average Bonchev–Trinajstić information content (AvgIpc) is 3.38. The number of nitrogens with zero attached hydrogens (tertiary/aromatic N) is 3. The fourth-order valence-electron chi connectivity index (χ4n) is 2.63. The maximum atomic E-state index is 14.4.